The van der Waals surface area contributed by atoms with Crippen molar-refractivity contribution >= 4 is 46.9 Å². The fraction of sp³-hybridized carbons (Fsp3) is 0.387. The number of hydroxylamine groups is 1. The first kappa shape index (κ1) is 30.9. The summed E-state index contributed by atoms with van der Waals surface area (Å²) in [6, 6.07) is 12.5. The topological polar surface area (TPSA) is 100 Å². The molecule has 43 heavy (non-hydrogen) atoms. The third-order valence-corrected chi connectivity index (χ3v) is 7.77. The second-order valence-corrected chi connectivity index (χ2v) is 12.4. The smallest absolute Gasteiger partial charge is 0.410 e. The van der Waals surface area contributed by atoms with Crippen LogP contribution in [-0.2, 0) is 11.3 Å². The number of rotatable bonds is 5. The van der Waals surface area contributed by atoms with Crippen LogP contribution in [-0.4, -0.2) is 74.4 Å². The van der Waals surface area contributed by atoms with Gasteiger partial charge < -0.3 is 9.47 Å². The summed E-state index contributed by atoms with van der Waals surface area (Å²) < 4.78 is 12.6. The SMILES string of the molecule is COc1ccc(C=C2CN(C(=O)OC(C)(C)C)Cc3c(C(=O)N(O)N4CCCCC4)nn(-c4ccc(Cl)cc4Cl)c32)cc1. The van der Waals surface area contributed by atoms with Crippen molar-refractivity contribution in [1.29, 1.82) is 0 Å². The number of hydrogen-bond donors (Lipinski definition) is 1. The van der Waals surface area contributed by atoms with Gasteiger partial charge in [-0.1, -0.05) is 41.8 Å². The predicted octanol–water partition coefficient (Wildman–Crippen LogP) is 6.71. The predicted molar refractivity (Wildman–Crippen MR) is 164 cm³/mol. The fourth-order valence-corrected chi connectivity index (χ4v) is 5.71. The summed E-state index contributed by atoms with van der Waals surface area (Å²) in [5.74, 6) is 0.00491. The second kappa shape index (κ2) is 12.6. The Hall–Kier alpha value is -3.57. The molecule has 3 heterocycles. The molecule has 5 rings (SSSR count). The first-order valence-electron chi connectivity index (χ1n) is 14.1. The van der Waals surface area contributed by atoms with E-state index in [2.05, 4.69) is 0 Å². The van der Waals surface area contributed by atoms with Crippen LogP contribution in [0.3, 0.4) is 0 Å². The van der Waals surface area contributed by atoms with Gasteiger partial charge in [0.15, 0.2) is 5.69 Å². The maximum atomic E-state index is 13.9. The molecule has 1 aromatic heterocycles. The fourth-order valence-electron chi connectivity index (χ4n) is 5.22. The van der Waals surface area contributed by atoms with Gasteiger partial charge in [0.05, 0.1) is 36.6 Å². The number of ether oxygens (including phenoxy) is 2. The summed E-state index contributed by atoms with van der Waals surface area (Å²) in [6.07, 6.45) is 4.14. The molecular formula is C31H35Cl2N5O5. The number of hydrogen-bond acceptors (Lipinski definition) is 7. The quantitative estimate of drug-likeness (QED) is 0.248. The van der Waals surface area contributed by atoms with E-state index in [-0.39, 0.29) is 18.8 Å². The lowest BCUT2D eigenvalue weighted by Gasteiger charge is -2.33. The van der Waals surface area contributed by atoms with Crippen LogP contribution in [0.4, 0.5) is 4.79 Å². The van der Waals surface area contributed by atoms with Gasteiger partial charge in [0.1, 0.15) is 11.4 Å². The molecule has 0 aliphatic carbocycles. The van der Waals surface area contributed by atoms with E-state index < -0.39 is 17.6 Å². The van der Waals surface area contributed by atoms with Gasteiger partial charge in [0, 0.05) is 23.7 Å². The molecule has 2 aliphatic heterocycles. The number of carbonyl (C=O) groups is 2. The molecule has 0 spiro atoms. The van der Waals surface area contributed by atoms with E-state index in [0.29, 0.717) is 56.6 Å². The average Bonchev–Trinajstić information content (AvgIpc) is 3.36. The molecule has 1 N–H and O–H groups in total. The minimum absolute atomic E-state index is 0.00276. The number of hydrazine groups is 1. The second-order valence-electron chi connectivity index (χ2n) is 11.6. The highest BCUT2D eigenvalue weighted by atomic mass is 35.5. The Bertz CT molecular complexity index is 1540. The lowest BCUT2D eigenvalue weighted by atomic mass is 9.97. The van der Waals surface area contributed by atoms with Crippen molar-refractivity contribution in [2.75, 3.05) is 26.7 Å². The maximum absolute atomic E-state index is 13.9. The van der Waals surface area contributed by atoms with Crippen LogP contribution >= 0.6 is 23.2 Å². The van der Waals surface area contributed by atoms with Crippen LogP contribution in [0.1, 0.15) is 67.3 Å². The number of piperidine rings is 1. The highest BCUT2D eigenvalue weighted by Gasteiger charge is 2.37. The Morgan fingerprint density at radius 3 is 2.35 bits per heavy atom. The summed E-state index contributed by atoms with van der Waals surface area (Å²) in [5.41, 5.74) is 2.36. The number of benzene rings is 2. The van der Waals surface area contributed by atoms with Crippen molar-refractivity contribution in [2.45, 2.75) is 52.2 Å². The highest BCUT2D eigenvalue weighted by Crippen LogP contribution is 2.37. The van der Waals surface area contributed by atoms with Crippen molar-refractivity contribution in [3.63, 3.8) is 0 Å². The molecule has 0 radical (unpaired) electrons. The maximum Gasteiger partial charge on any atom is 0.410 e. The number of carbonyl (C=O) groups excluding carboxylic acids is 2. The standard InChI is InChI=1S/C31H35Cl2N5O5/c1-31(2,3)43-30(40)35-18-21(16-20-8-11-23(42-4)12-9-20)28-24(19-35)27(29(39)38(41)36-14-6-5-7-15-36)34-37(28)26-13-10-22(32)17-25(26)33/h8-13,16-17,41H,5-7,14-15,18-19H2,1-4H3. The number of fused-ring (bicyclic) bond motifs is 1. The number of amides is 2. The Morgan fingerprint density at radius 2 is 1.72 bits per heavy atom. The molecular weight excluding hydrogens is 593 g/mol. The van der Waals surface area contributed by atoms with Gasteiger partial charge in [0.25, 0.3) is 0 Å². The van der Waals surface area contributed by atoms with Crippen LogP contribution in [0.5, 0.6) is 5.75 Å². The van der Waals surface area contributed by atoms with Crippen LogP contribution in [0.25, 0.3) is 17.3 Å². The van der Waals surface area contributed by atoms with Crippen LogP contribution in [0, 0.1) is 0 Å². The Morgan fingerprint density at radius 1 is 1.02 bits per heavy atom. The van der Waals surface area contributed by atoms with Gasteiger partial charge in [-0.05, 0) is 81.2 Å². The largest absolute Gasteiger partial charge is 0.497 e. The van der Waals surface area contributed by atoms with Crippen LogP contribution < -0.4 is 4.74 Å². The molecule has 2 aliphatic rings. The first-order chi connectivity index (χ1) is 20.4. The molecule has 1 saturated heterocycles. The molecule has 2 amide bonds. The number of methoxy groups -OCH3 is 1. The Balaban J connectivity index is 1.69. The van der Waals surface area contributed by atoms with E-state index in [9.17, 15) is 14.8 Å². The van der Waals surface area contributed by atoms with Gasteiger partial charge in [-0.2, -0.15) is 10.1 Å². The summed E-state index contributed by atoms with van der Waals surface area (Å²) in [6.45, 7) is 6.68. The Kier molecular flexibility index (Phi) is 9.03. The molecule has 3 aromatic rings. The summed E-state index contributed by atoms with van der Waals surface area (Å²) in [7, 11) is 1.60. The monoisotopic (exact) mass is 627 g/mol. The van der Waals surface area contributed by atoms with Crippen LogP contribution in [0.15, 0.2) is 42.5 Å². The van der Waals surface area contributed by atoms with E-state index in [0.717, 1.165) is 24.8 Å². The number of aromatic nitrogens is 2. The Labute approximate surface area is 260 Å². The molecule has 10 nitrogen and oxygen atoms in total. The van der Waals surface area contributed by atoms with Crippen molar-refractivity contribution in [1.82, 2.24) is 24.9 Å². The number of nitrogens with zero attached hydrogens (tertiary/aromatic N) is 5. The zero-order valence-electron chi connectivity index (χ0n) is 24.6. The lowest BCUT2D eigenvalue weighted by molar-refractivity contribution is -0.208. The zero-order valence-corrected chi connectivity index (χ0v) is 26.2. The van der Waals surface area contributed by atoms with E-state index in [1.807, 2.05) is 30.3 Å². The van der Waals surface area contributed by atoms with Gasteiger partial charge in [0.2, 0.25) is 0 Å². The van der Waals surface area contributed by atoms with E-state index in [1.54, 1.807) is 55.8 Å². The minimum atomic E-state index is -0.729. The van der Waals surface area contributed by atoms with Crippen molar-refractivity contribution in [2.24, 2.45) is 0 Å². The normalized spacial score (nSPS) is 16.6. The van der Waals surface area contributed by atoms with E-state index in [4.69, 9.17) is 37.8 Å². The van der Waals surface area contributed by atoms with Crippen molar-refractivity contribution < 1.29 is 24.3 Å². The van der Waals surface area contributed by atoms with Gasteiger partial charge in [-0.25, -0.2) is 9.48 Å². The summed E-state index contributed by atoms with van der Waals surface area (Å²) in [5, 5.41) is 18.8. The average molecular weight is 629 g/mol. The van der Waals surface area contributed by atoms with Gasteiger partial charge in [-0.15, -0.1) is 5.17 Å². The van der Waals surface area contributed by atoms with Gasteiger partial charge in [-0.3, -0.25) is 14.9 Å². The molecule has 2 aromatic carbocycles. The van der Waals surface area contributed by atoms with Crippen LogP contribution in [0.2, 0.25) is 10.0 Å². The third kappa shape index (κ3) is 6.83. The number of halogens is 2. The molecule has 0 unspecified atom stereocenters. The minimum Gasteiger partial charge on any atom is -0.497 e. The van der Waals surface area contributed by atoms with Crippen molar-refractivity contribution in [3.8, 4) is 11.4 Å². The molecule has 0 saturated carbocycles. The summed E-state index contributed by atoms with van der Waals surface area (Å²) in [4.78, 5) is 28.8. The lowest BCUT2D eigenvalue weighted by Crippen LogP contribution is -2.47. The molecule has 1 fully saturated rings. The summed E-state index contributed by atoms with van der Waals surface area (Å²) >= 11 is 12.9. The molecule has 0 bridgehead atoms. The third-order valence-electron chi connectivity index (χ3n) is 7.23. The molecule has 0 atom stereocenters. The van der Waals surface area contributed by atoms with Gasteiger partial charge >= 0.3 is 12.0 Å². The van der Waals surface area contributed by atoms with Crippen molar-refractivity contribution in [3.05, 3.63) is 75.0 Å². The van der Waals surface area contributed by atoms with E-state index in [1.165, 1.54) is 4.90 Å². The van der Waals surface area contributed by atoms with E-state index >= 15 is 0 Å². The molecule has 12 heteroatoms. The highest BCUT2D eigenvalue weighted by molar-refractivity contribution is 6.35. The zero-order chi connectivity index (χ0) is 30.9. The molecule has 228 valence electrons. The first-order valence-corrected chi connectivity index (χ1v) is 14.9.